The van der Waals surface area contributed by atoms with Crippen molar-refractivity contribution in [1.82, 2.24) is 5.32 Å². The zero-order chi connectivity index (χ0) is 20.2. The minimum Gasteiger partial charge on any atom is -0.489 e. The van der Waals surface area contributed by atoms with Crippen LogP contribution in [0.5, 0.6) is 5.75 Å². The zero-order valence-corrected chi connectivity index (χ0v) is 16.9. The van der Waals surface area contributed by atoms with Crippen LogP contribution in [0.2, 0.25) is 0 Å². The molecule has 0 bridgehead atoms. The van der Waals surface area contributed by atoms with E-state index in [0.717, 1.165) is 26.2 Å². The van der Waals surface area contributed by atoms with Crippen molar-refractivity contribution in [1.29, 1.82) is 0 Å². The molecule has 1 heterocycles. The summed E-state index contributed by atoms with van der Waals surface area (Å²) in [6.45, 7) is 0.467. The number of anilines is 1. The topological polar surface area (TPSA) is 58.6 Å². The first kappa shape index (κ1) is 19.0. The monoisotopic (exact) mass is 448 g/mol. The second-order valence-corrected chi connectivity index (χ2v) is 7.36. The smallest absolute Gasteiger partial charge is 0.333 e. The molecule has 144 valence electrons. The molecule has 29 heavy (non-hydrogen) atoms. The molecule has 0 aromatic heterocycles. The summed E-state index contributed by atoms with van der Waals surface area (Å²) in [6, 6.07) is 23.7. The highest BCUT2D eigenvalue weighted by Crippen LogP contribution is 2.23. The first-order valence-corrected chi connectivity index (χ1v) is 9.79. The van der Waals surface area contributed by atoms with Gasteiger partial charge in [-0.3, -0.25) is 4.79 Å². The van der Waals surface area contributed by atoms with Crippen LogP contribution < -0.4 is 15.0 Å². The van der Waals surface area contributed by atoms with Gasteiger partial charge < -0.3 is 10.1 Å². The van der Waals surface area contributed by atoms with Gasteiger partial charge in [-0.1, -0.05) is 58.4 Å². The molecule has 5 nitrogen and oxygen atoms in total. The van der Waals surface area contributed by atoms with Crippen molar-refractivity contribution in [3.8, 4) is 5.75 Å². The lowest BCUT2D eigenvalue weighted by atomic mass is 10.2. The van der Waals surface area contributed by atoms with Gasteiger partial charge >= 0.3 is 6.03 Å². The van der Waals surface area contributed by atoms with Gasteiger partial charge in [0.15, 0.2) is 0 Å². The summed E-state index contributed by atoms with van der Waals surface area (Å²) in [5.74, 6) is 0.347. The average Bonchev–Trinajstić information content (AvgIpc) is 3.02. The normalized spacial score (nSPS) is 14.9. The van der Waals surface area contributed by atoms with Gasteiger partial charge in [-0.15, -0.1) is 0 Å². The van der Waals surface area contributed by atoms with Crippen molar-refractivity contribution >= 4 is 39.6 Å². The number of halogens is 1. The summed E-state index contributed by atoms with van der Waals surface area (Å²) in [4.78, 5) is 26.0. The van der Waals surface area contributed by atoms with Crippen molar-refractivity contribution in [3.05, 3.63) is 100 Å². The summed E-state index contributed by atoms with van der Waals surface area (Å²) in [6.07, 6.45) is 1.65. The Hall–Kier alpha value is -3.38. The predicted molar refractivity (Wildman–Crippen MR) is 115 cm³/mol. The molecule has 0 radical (unpaired) electrons. The molecular weight excluding hydrogens is 432 g/mol. The molecule has 0 unspecified atom stereocenters. The highest BCUT2D eigenvalue weighted by molar-refractivity contribution is 9.10. The van der Waals surface area contributed by atoms with E-state index in [2.05, 4.69) is 21.2 Å². The molecular formula is C23H17BrN2O3. The molecule has 1 N–H and O–H groups in total. The van der Waals surface area contributed by atoms with E-state index in [0.29, 0.717) is 12.3 Å². The van der Waals surface area contributed by atoms with Crippen LogP contribution in [-0.4, -0.2) is 11.9 Å². The third-order valence-corrected chi connectivity index (χ3v) is 4.93. The van der Waals surface area contributed by atoms with Crippen molar-refractivity contribution in [3.63, 3.8) is 0 Å². The number of benzene rings is 3. The fourth-order valence-corrected chi connectivity index (χ4v) is 3.19. The fraction of sp³-hybridized carbons (Fsp3) is 0.0435. The number of para-hydroxylation sites is 1. The van der Waals surface area contributed by atoms with Crippen LogP contribution >= 0.6 is 15.9 Å². The van der Waals surface area contributed by atoms with Gasteiger partial charge in [0.2, 0.25) is 0 Å². The maximum absolute atomic E-state index is 12.6. The van der Waals surface area contributed by atoms with Crippen LogP contribution in [0.3, 0.4) is 0 Å². The second-order valence-electron chi connectivity index (χ2n) is 6.45. The van der Waals surface area contributed by atoms with E-state index in [-0.39, 0.29) is 11.6 Å². The lowest BCUT2D eigenvalue weighted by Gasteiger charge is -2.10. The zero-order valence-electron chi connectivity index (χ0n) is 15.3. The number of nitrogens with zero attached hydrogens (tertiary/aromatic N) is 1. The van der Waals surface area contributed by atoms with Crippen molar-refractivity contribution in [2.75, 3.05) is 4.90 Å². The lowest BCUT2D eigenvalue weighted by molar-refractivity contribution is -0.113. The van der Waals surface area contributed by atoms with Crippen LogP contribution in [0.1, 0.15) is 11.1 Å². The van der Waals surface area contributed by atoms with Crippen LogP contribution in [0, 0.1) is 0 Å². The number of urea groups is 1. The quantitative estimate of drug-likeness (QED) is 0.434. The number of nitrogens with one attached hydrogen (secondary N) is 1. The number of amides is 3. The molecule has 4 rings (SSSR count). The number of hydrogen-bond donors (Lipinski definition) is 1. The van der Waals surface area contributed by atoms with E-state index >= 15 is 0 Å². The number of rotatable bonds is 5. The summed E-state index contributed by atoms with van der Waals surface area (Å²) in [5.41, 5.74) is 2.64. The predicted octanol–water partition coefficient (Wildman–Crippen LogP) is 5.13. The Morgan fingerprint density at radius 2 is 1.59 bits per heavy atom. The van der Waals surface area contributed by atoms with Gasteiger partial charge in [0.25, 0.3) is 5.91 Å². The van der Waals surface area contributed by atoms with E-state index < -0.39 is 6.03 Å². The first-order chi connectivity index (χ1) is 14.1. The standard InChI is InChI=1S/C23H17BrN2O3/c24-18-10-6-17(7-11-18)15-29-20-12-8-16(9-13-20)14-21-22(27)26(23(28)25-21)19-4-2-1-3-5-19/h1-14H,15H2,(H,25,28). The molecule has 1 aliphatic heterocycles. The van der Waals surface area contributed by atoms with Crippen molar-refractivity contribution in [2.24, 2.45) is 0 Å². The van der Waals surface area contributed by atoms with E-state index in [4.69, 9.17) is 4.74 Å². The molecule has 1 saturated heterocycles. The van der Waals surface area contributed by atoms with Gasteiger partial charge in [-0.05, 0) is 53.6 Å². The molecule has 3 aromatic carbocycles. The summed E-state index contributed by atoms with van der Waals surface area (Å²) >= 11 is 3.41. The van der Waals surface area contributed by atoms with Crippen molar-refractivity contribution < 1.29 is 14.3 Å². The second kappa shape index (κ2) is 8.32. The molecule has 3 amide bonds. The Bertz CT molecular complexity index is 1060. The molecule has 1 aliphatic rings. The van der Waals surface area contributed by atoms with E-state index in [1.54, 1.807) is 30.3 Å². The number of hydrogen-bond acceptors (Lipinski definition) is 3. The van der Waals surface area contributed by atoms with Gasteiger partial charge in [-0.25, -0.2) is 9.69 Å². The third-order valence-electron chi connectivity index (χ3n) is 4.40. The molecule has 3 aromatic rings. The molecule has 0 spiro atoms. The largest absolute Gasteiger partial charge is 0.489 e. The molecule has 0 atom stereocenters. The van der Waals surface area contributed by atoms with E-state index in [1.165, 1.54) is 0 Å². The van der Waals surface area contributed by atoms with Gasteiger partial charge in [0.05, 0.1) is 5.69 Å². The Balaban J connectivity index is 1.44. The third kappa shape index (κ3) is 4.38. The van der Waals surface area contributed by atoms with E-state index in [1.807, 2.05) is 54.6 Å². The Kier molecular flexibility index (Phi) is 5.44. The Labute approximate surface area is 176 Å². The number of carbonyl (C=O) groups excluding carboxylic acids is 2. The van der Waals surface area contributed by atoms with Crippen LogP contribution in [0.4, 0.5) is 10.5 Å². The number of ether oxygens (including phenoxy) is 1. The highest BCUT2D eigenvalue weighted by atomic mass is 79.9. The maximum atomic E-state index is 12.6. The molecule has 0 aliphatic carbocycles. The lowest BCUT2D eigenvalue weighted by Crippen LogP contribution is -2.30. The Morgan fingerprint density at radius 1 is 0.897 bits per heavy atom. The minimum atomic E-state index is -0.457. The summed E-state index contributed by atoms with van der Waals surface area (Å²) in [7, 11) is 0. The molecule has 0 saturated carbocycles. The Morgan fingerprint density at radius 3 is 2.28 bits per heavy atom. The molecule has 1 fully saturated rings. The van der Waals surface area contributed by atoms with Gasteiger partial charge in [0.1, 0.15) is 18.1 Å². The van der Waals surface area contributed by atoms with Crippen molar-refractivity contribution in [2.45, 2.75) is 6.61 Å². The van der Waals surface area contributed by atoms with Crippen LogP contribution in [0.15, 0.2) is 89.0 Å². The van der Waals surface area contributed by atoms with Crippen LogP contribution in [-0.2, 0) is 11.4 Å². The first-order valence-electron chi connectivity index (χ1n) is 9.00. The van der Waals surface area contributed by atoms with E-state index in [9.17, 15) is 9.59 Å². The summed E-state index contributed by atoms with van der Waals surface area (Å²) < 4.78 is 6.82. The number of carbonyl (C=O) groups is 2. The van der Waals surface area contributed by atoms with Gasteiger partial charge in [0, 0.05) is 4.47 Å². The molecule has 6 heteroatoms. The summed E-state index contributed by atoms with van der Waals surface area (Å²) in [5, 5.41) is 2.63. The highest BCUT2D eigenvalue weighted by Gasteiger charge is 2.34. The van der Waals surface area contributed by atoms with Gasteiger partial charge in [-0.2, -0.15) is 0 Å². The average molecular weight is 449 g/mol. The number of imide groups is 1. The SMILES string of the molecule is O=C1NC(=Cc2ccc(OCc3ccc(Br)cc3)cc2)C(=O)N1c1ccccc1. The fourth-order valence-electron chi connectivity index (χ4n) is 2.92. The van der Waals surface area contributed by atoms with Crippen LogP contribution in [0.25, 0.3) is 6.08 Å². The minimum absolute atomic E-state index is 0.238. The maximum Gasteiger partial charge on any atom is 0.333 e.